The van der Waals surface area contributed by atoms with Crippen LogP contribution in [-0.2, 0) is 4.79 Å². The number of nitrogens with two attached hydrogens (primary N) is 1. The van der Waals surface area contributed by atoms with Gasteiger partial charge in [-0.2, -0.15) is 0 Å². The van der Waals surface area contributed by atoms with Crippen LogP contribution in [-0.4, -0.2) is 12.5 Å². The number of benzene rings is 2. The highest BCUT2D eigenvalue weighted by Gasteiger charge is 2.08. The van der Waals surface area contributed by atoms with E-state index in [1.54, 1.807) is 24.3 Å². The molecule has 5 heteroatoms. The van der Waals surface area contributed by atoms with Crippen LogP contribution in [0.1, 0.15) is 5.56 Å². The van der Waals surface area contributed by atoms with Gasteiger partial charge in [0.2, 0.25) is 0 Å². The van der Waals surface area contributed by atoms with Crippen LogP contribution in [0.25, 0.3) is 0 Å². The number of aryl methyl sites for hydroxylation is 1. The highest BCUT2D eigenvalue weighted by Crippen LogP contribution is 2.26. The second kappa shape index (κ2) is 6.30. The number of hydrogen-bond acceptors (Lipinski definition) is 3. The van der Waals surface area contributed by atoms with E-state index in [1.807, 2.05) is 25.1 Å². The summed E-state index contributed by atoms with van der Waals surface area (Å²) in [5.41, 5.74) is 7.65. The van der Waals surface area contributed by atoms with E-state index in [-0.39, 0.29) is 12.5 Å². The Kier molecular flexibility index (Phi) is 4.48. The van der Waals surface area contributed by atoms with Gasteiger partial charge < -0.3 is 15.8 Å². The van der Waals surface area contributed by atoms with Gasteiger partial charge in [-0.05, 0) is 36.8 Å². The monoisotopic (exact) mass is 290 g/mol. The third-order valence-electron chi connectivity index (χ3n) is 2.73. The molecule has 0 saturated carbocycles. The number of nitrogen functional groups attached to an aromatic ring is 1. The van der Waals surface area contributed by atoms with Crippen LogP contribution in [0.3, 0.4) is 0 Å². The summed E-state index contributed by atoms with van der Waals surface area (Å²) < 4.78 is 5.36. The second-order valence-corrected chi connectivity index (χ2v) is 4.75. The fraction of sp³-hybridized carbons (Fsp3) is 0.133. The largest absolute Gasteiger partial charge is 0.484 e. The Bertz CT molecular complexity index is 615. The van der Waals surface area contributed by atoms with Gasteiger partial charge in [0, 0.05) is 5.69 Å². The van der Waals surface area contributed by atoms with Crippen molar-refractivity contribution in [2.75, 3.05) is 17.7 Å². The van der Waals surface area contributed by atoms with Gasteiger partial charge in [0.05, 0.1) is 10.7 Å². The Labute approximate surface area is 122 Å². The predicted octanol–water partition coefficient (Wildman–Crippen LogP) is 3.25. The summed E-state index contributed by atoms with van der Waals surface area (Å²) in [6.07, 6.45) is 0. The number of carbonyl (C=O) groups is 1. The Morgan fingerprint density at radius 2 is 2.00 bits per heavy atom. The molecule has 0 aliphatic rings. The number of anilines is 2. The first-order chi connectivity index (χ1) is 9.56. The lowest BCUT2D eigenvalue weighted by Gasteiger charge is -2.11. The molecule has 104 valence electrons. The van der Waals surface area contributed by atoms with Crippen molar-refractivity contribution >= 4 is 28.9 Å². The molecule has 0 bridgehead atoms. The number of ether oxygens (including phenoxy) is 1. The molecule has 3 N–H and O–H groups in total. The van der Waals surface area contributed by atoms with Crippen molar-refractivity contribution in [1.82, 2.24) is 0 Å². The lowest BCUT2D eigenvalue weighted by molar-refractivity contribution is -0.118. The van der Waals surface area contributed by atoms with Crippen LogP contribution in [0.2, 0.25) is 5.02 Å². The first-order valence-corrected chi connectivity index (χ1v) is 6.47. The molecule has 1 amide bonds. The smallest absolute Gasteiger partial charge is 0.262 e. The molecule has 0 aliphatic heterocycles. The number of halogens is 1. The van der Waals surface area contributed by atoms with Crippen molar-refractivity contribution in [1.29, 1.82) is 0 Å². The fourth-order valence-corrected chi connectivity index (χ4v) is 1.85. The van der Waals surface area contributed by atoms with Crippen LogP contribution in [0.4, 0.5) is 11.4 Å². The molecular weight excluding hydrogens is 276 g/mol. The van der Waals surface area contributed by atoms with Crippen LogP contribution >= 0.6 is 11.6 Å². The Balaban J connectivity index is 1.97. The van der Waals surface area contributed by atoms with Crippen molar-refractivity contribution in [3.8, 4) is 5.75 Å². The molecule has 0 aromatic heterocycles. The molecular formula is C15H15ClN2O2. The number of rotatable bonds is 4. The molecule has 0 spiro atoms. The molecule has 4 nitrogen and oxygen atoms in total. The lowest BCUT2D eigenvalue weighted by Crippen LogP contribution is -2.20. The van der Waals surface area contributed by atoms with Gasteiger partial charge >= 0.3 is 0 Å². The minimum absolute atomic E-state index is 0.0640. The molecule has 0 aliphatic carbocycles. The number of hydrogen-bond donors (Lipinski definition) is 2. The molecule has 0 saturated heterocycles. The molecule has 2 rings (SSSR count). The van der Waals surface area contributed by atoms with Crippen LogP contribution in [0.15, 0.2) is 42.5 Å². The molecule has 0 unspecified atom stereocenters. The summed E-state index contributed by atoms with van der Waals surface area (Å²) in [5.74, 6) is 0.396. The summed E-state index contributed by atoms with van der Waals surface area (Å²) in [6, 6.07) is 12.5. The zero-order valence-electron chi connectivity index (χ0n) is 11.0. The summed E-state index contributed by atoms with van der Waals surface area (Å²) >= 11 is 5.93. The van der Waals surface area contributed by atoms with Gasteiger partial charge in [-0.3, -0.25) is 4.79 Å². The average Bonchev–Trinajstić information content (AvgIpc) is 2.44. The highest BCUT2D eigenvalue weighted by atomic mass is 35.5. The number of amides is 1. The van der Waals surface area contributed by atoms with Crippen molar-refractivity contribution in [2.45, 2.75) is 6.92 Å². The normalized spacial score (nSPS) is 10.1. The minimum Gasteiger partial charge on any atom is -0.484 e. The van der Waals surface area contributed by atoms with Gasteiger partial charge in [-0.15, -0.1) is 0 Å². The Hall–Kier alpha value is -2.20. The minimum atomic E-state index is -0.252. The van der Waals surface area contributed by atoms with E-state index in [2.05, 4.69) is 5.32 Å². The summed E-state index contributed by atoms with van der Waals surface area (Å²) in [4.78, 5) is 11.8. The van der Waals surface area contributed by atoms with Crippen LogP contribution in [0.5, 0.6) is 5.75 Å². The van der Waals surface area contributed by atoms with Crippen molar-refractivity contribution in [3.05, 3.63) is 53.1 Å². The molecule has 0 radical (unpaired) electrons. The van der Waals surface area contributed by atoms with Crippen LogP contribution in [0, 0.1) is 6.92 Å². The average molecular weight is 291 g/mol. The van der Waals surface area contributed by atoms with Crippen LogP contribution < -0.4 is 15.8 Å². The van der Waals surface area contributed by atoms with E-state index in [1.165, 1.54) is 0 Å². The van der Waals surface area contributed by atoms with E-state index in [0.29, 0.717) is 22.1 Å². The lowest BCUT2D eigenvalue weighted by atomic mass is 10.2. The van der Waals surface area contributed by atoms with Crippen molar-refractivity contribution in [2.24, 2.45) is 0 Å². The molecule has 2 aromatic carbocycles. The quantitative estimate of drug-likeness (QED) is 0.850. The van der Waals surface area contributed by atoms with Crippen molar-refractivity contribution < 1.29 is 9.53 Å². The first kappa shape index (κ1) is 14.2. The maximum Gasteiger partial charge on any atom is 0.262 e. The van der Waals surface area contributed by atoms with Gasteiger partial charge in [0.1, 0.15) is 5.75 Å². The fourth-order valence-electron chi connectivity index (χ4n) is 1.69. The molecule has 0 heterocycles. The number of nitrogens with one attached hydrogen (secondary N) is 1. The van der Waals surface area contributed by atoms with E-state index < -0.39 is 0 Å². The van der Waals surface area contributed by atoms with E-state index in [9.17, 15) is 4.79 Å². The van der Waals surface area contributed by atoms with Gasteiger partial charge in [-0.25, -0.2) is 0 Å². The standard InChI is InChI=1S/C15H15ClN2O2/c1-10-7-13(17)12(16)8-14(10)18-15(19)9-20-11-5-3-2-4-6-11/h2-8H,9,17H2,1H3,(H,18,19). The molecule has 0 atom stereocenters. The second-order valence-electron chi connectivity index (χ2n) is 4.34. The Morgan fingerprint density at radius 1 is 1.30 bits per heavy atom. The zero-order chi connectivity index (χ0) is 14.5. The van der Waals surface area contributed by atoms with Crippen molar-refractivity contribution in [3.63, 3.8) is 0 Å². The van der Waals surface area contributed by atoms with Gasteiger partial charge in [0.25, 0.3) is 5.91 Å². The Morgan fingerprint density at radius 3 is 2.70 bits per heavy atom. The first-order valence-electron chi connectivity index (χ1n) is 6.09. The van der Waals surface area contributed by atoms with Gasteiger partial charge in [0.15, 0.2) is 6.61 Å². The van der Waals surface area contributed by atoms with E-state index >= 15 is 0 Å². The maximum atomic E-state index is 11.8. The topological polar surface area (TPSA) is 64.3 Å². The molecule has 0 fully saturated rings. The number of carbonyl (C=O) groups excluding carboxylic acids is 1. The van der Waals surface area contributed by atoms with E-state index in [4.69, 9.17) is 22.1 Å². The SMILES string of the molecule is Cc1cc(N)c(Cl)cc1NC(=O)COc1ccccc1. The summed E-state index contributed by atoms with van der Waals surface area (Å²) in [5, 5.41) is 3.16. The highest BCUT2D eigenvalue weighted by molar-refractivity contribution is 6.33. The predicted molar refractivity (Wildman–Crippen MR) is 81.2 cm³/mol. The molecule has 20 heavy (non-hydrogen) atoms. The van der Waals surface area contributed by atoms with Gasteiger partial charge in [-0.1, -0.05) is 29.8 Å². The third kappa shape index (κ3) is 3.65. The van der Waals surface area contributed by atoms with E-state index in [0.717, 1.165) is 5.56 Å². The summed E-state index contributed by atoms with van der Waals surface area (Å²) in [6.45, 7) is 1.78. The zero-order valence-corrected chi connectivity index (χ0v) is 11.8. The molecule has 2 aromatic rings. The summed E-state index contributed by atoms with van der Waals surface area (Å²) in [7, 11) is 0. The third-order valence-corrected chi connectivity index (χ3v) is 3.06. The number of para-hydroxylation sites is 1. The maximum absolute atomic E-state index is 11.8.